The third-order valence-electron chi connectivity index (χ3n) is 2.48. The molecule has 0 aromatic heterocycles. The van der Waals surface area contributed by atoms with Crippen molar-refractivity contribution < 1.29 is 18.3 Å². The minimum absolute atomic E-state index is 0.0520. The summed E-state index contributed by atoms with van der Waals surface area (Å²) in [7, 11) is -2.27. The number of carboxylic acid groups (broad SMARTS) is 1. The summed E-state index contributed by atoms with van der Waals surface area (Å²) < 4.78 is 26.2. The van der Waals surface area contributed by atoms with Crippen LogP contribution in [-0.4, -0.2) is 37.4 Å². The molecule has 100 valence electrons. The second-order valence-electron chi connectivity index (χ2n) is 3.88. The lowest BCUT2D eigenvalue weighted by Gasteiger charge is -2.17. The maximum absolute atomic E-state index is 12.2. The number of hydrogen-bond donors (Lipinski definition) is 1. The van der Waals surface area contributed by atoms with Gasteiger partial charge in [-0.1, -0.05) is 22.0 Å². The number of carbonyl (C=O) groups is 1. The average molecular weight is 336 g/mol. The van der Waals surface area contributed by atoms with Gasteiger partial charge in [0.25, 0.3) is 0 Å². The molecule has 18 heavy (non-hydrogen) atoms. The monoisotopic (exact) mass is 335 g/mol. The Morgan fingerprint density at radius 2 is 2.06 bits per heavy atom. The number of rotatable bonds is 5. The number of aryl methyl sites for hydroxylation is 1. The van der Waals surface area contributed by atoms with E-state index in [0.29, 0.717) is 10.0 Å². The Hall–Kier alpha value is -0.920. The average Bonchev–Trinajstić information content (AvgIpc) is 2.28. The number of aliphatic carboxylic acids is 1. The lowest BCUT2D eigenvalue weighted by molar-refractivity contribution is -0.137. The van der Waals surface area contributed by atoms with Crippen molar-refractivity contribution in [2.75, 3.05) is 13.6 Å². The number of benzene rings is 1. The van der Waals surface area contributed by atoms with E-state index < -0.39 is 16.0 Å². The van der Waals surface area contributed by atoms with Crippen LogP contribution in [0.2, 0.25) is 0 Å². The summed E-state index contributed by atoms with van der Waals surface area (Å²) in [6.45, 7) is 1.65. The summed E-state index contributed by atoms with van der Waals surface area (Å²) in [5, 5.41) is 8.57. The van der Waals surface area contributed by atoms with Crippen LogP contribution in [0.3, 0.4) is 0 Å². The lowest BCUT2D eigenvalue weighted by atomic mass is 10.2. The molecule has 1 rings (SSSR count). The molecule has 0 heterocycles. The summed E-state index contributed by atoms with van der Waals surface area (Å²) in [5.74, 6) is -1.02. The molecule has 0 saturated carbocycles. The van der Waals surface area contributed by atoms with E-state index in [0.717, 1.165) is 4.31 Å². The summed E-state index contributed by atoms with van der Waals surface area (Å²) in [5.41, 5.74) is 0.625. The van der Waals surface area contributed by atoms with Gasteiger partial charge in [0, 0.05) is 18.1 Å². The van der Waals surface area contributed by atoms with Crippen LogP contribution in [0.1, 0.15) is 12.0 Å². The molecule has 0 atom stereocenters. The highest BCUT2D eigenvalue weighted by atomic mass is 79.9. The third kappa shape index (κ3) is 3.54. The molecule has 0 saturated heterocycles. The fourth-order valence-electron chi connectivity index (χ4n) is 1.39. The van der Waals surface area contributed by atoms with Gasteiger partial charge >= 0.3 is 5.97 Å². The molecule has 0 aliphatic heterocycles. The van der Waals surface area contributed by atoms with Crippen molar-refractivity contribution >= 4 is 31.9 Å². The molecular weight excluding hydrogens is 322 g/mol. The maximum atomic E-state index is 12.2. The van der Waals surface area contributed by atoms with Gasteiger partial charge in [-0.3, -0.25) is 4.79 Å². The Labute approximate surface area is 115 Å². The molecule has 0 spiro atoms. The first kappa shape index (κ1) is 15.1. The molecule has 7 heteroatoms. The fraction of sp³-hybridized carbons (Fsp3) is 0.364. The second-order valence-corrected chi connectivity index (χ2v) is 6.81. The molecule has 0 radical (unpaired) electrons. The van der Waals surface area contributed by atoms with Gasteiger partial charge < -0.3 is 5.11 Å². The van der Waals surface area contributed by atoms with Crippen molar-refractivity contribution in [1.29, 1.82) is 0 Å². The van der Waals surface area contributed by atoms with E-state index in [2.05, 4.69) is 15.9 Å². The normalized spacial score (nSPS) is 11.8. The van der Waals surface area contributed by atoms with E-state index in [9.17, 15) is 13.2 Å². The first-order valence-corrected chi connectivity index (χ1v) is 7.42. The van der Waals surface area contributed by atoms with E-state index in [1.54, 1.807) is 19.1 Å². The Balaban J connectivity index is 3.05. The zero-order valence-corrected chi connectivity index (χ0v) is 12.5. The van der Waals surface area contributed by atoms with Gasteiger partial charge in [-0.2, -0.15) is 0 Å². The van der Waals surface area contributed by atoms with Gasteiger partial charge in [-0.05, 0) is 24.6 Å². The Bertz CT molecular complexity index is 556. The van der Waals surface area contributed by atoms with Crippen molar-refractivity contribution in [3.05, 3.63) is 28.2 Å². The van der Waals surface area contributed by atoms with Gasteiger partial charge in [0.2, 0.25) is 10.0 Å². The molecule has 0 bridgehead atoms. The lowest BCUT2D eigenvalue weighted by Crippen LogP contribution is -2.29. The van der Waals surface area contributed by atoms with E-state index in [1.165, 1.54) is 13.1 Å². The molecule has 0 amide bonds. The molecule has 1 N–H and O–H groups in total. The van der Waals surface area contributed by atoms with Crippen molar-refractivity contribution in [2.45, 2.75) is 18.2 Å². The van der Waals surface area contributed by atoms with E-state index in [-0.39, 0.29) is 17.9 Å². The molecule has 0 fully saturated rings. The van der Waals surface area contributed by atoms with Gasteiger partial charge in [-0.15, -0.1) is 0 Å². The molecule has 5 nitrogen and oxygen atoms in total. The highest BCUT2D eigenvalue weighted by molar-refractivity contribution is 9.10. The minimum Gasteiger partial charge on any atom is -0.481 e. The van der Waals surface area contributed by atoms with Crippen LogP contribution in [0.4, 0.5) is 0 Å². The third-order valence-corrected chi connectivity index (χ3v) is 4.97. The summed E-state index contributed by atoms with van der Waals surface area (Å²) in [6.07, 6.45) is -0.219. The standard InChI is InChI=1S/C11H14BrNO4S/c1-8-3-4-9(12)7-10(8)18(16,17)13(2)6-5-11(14)15/h3-4,7H,5-6H2,1-2H3,(H,14,15). The molecule has 0 unspecified atom stereocenters. The zero-order chi connectivity index (χ0) is 13.9. The van der Waals surface area contributed by atoms with Crippen LogP contribution in [0.5, 0.6) is 0 Å². The molecule has 0 aliphatic rings. The fourth-order valence-corrected chi connectivity index (χ4v) is 3.32. The maximum Gasteiger partial charge on any atom is 0.304 e. The minimum atomic E-state index is -3.65. The Kier molecular flexibility index (Phi) is 4.89. The topological polar surface area (TPSA) is 74.7 Å². The van der Waals surface area contributed by atoms with E-state index in [4.69, 9.17) is 5.11 Å². The van der Waals surface area contributed by atoms with Gasteiger partial charge in [-0.25, -0.2) is 12.7 Å². The predicted molar refractivity (Wildman–Crippen MR) is 70.9 cm³/mol. The van der Waals surface area contributed by atoms with Crippen molar-refractivity contribution in [3.63, 3.8) is 0 Å². The Morgan fingerprint density at radius 3 is 2.61 bits per heavy atom. The SMILES string of the molecule is Cc1ccc(Br)cc1S(=O)(=O)N(C)CCC(=O)O. The number of halogens is 1. The highest BCUT2D eigenvalue weighted by Crippen LogP contribution is 2.23. The number of sulfonamides is 1. The smallest absolute Gasteiger partial charge is 0.304 e. The molecule has 0 aliphatic carbocycles. The Morgan fingerprint density at radius 1 is 1.44 bits per heavy atom. The highest BCUT2D eigenvalue weighted by Gasteiger charge is 2.23. The molecular formula is C11H14BrNO4S. The van der Waals surface area contributed by atoms with Crippen molar-refractivity contribution in [1.82, 2.24) is 4.31 Å². The first-order valence-electron chi connectivity index (χ1n) is 5.19. The van der Waals surface area contributed by atoms with Crippen LogP contribution in [0, 0.1) is 6.92 Å². The van der Waals surface area contributed by atoms with Crippen LogP contribution in [0.15, 0.2) is 27.6 Å². The van der Waals surface area contributed by atoms with E-state index in [1.807, 2.05) is 0 Å². The van der Waals surface area contributed by atoms with Crippen LogP contribution in [0.25, 0.3) is 0 Å². The number of hydrogen-bond acceptors (Lipinski definition) is 3. The number of nitrogens with zero attached hydrogens (tertiary/aromatic N) is 1. The quantitative estimate of drug-likeness (QED) is 0.891. The van der Waals surface area contributed by atoms with Gasteiger partial charge in [0.15, 0.2) is 0 Å². The number of carboxylic acids is 1. The molecule has 1 aromatic carbocycles. The largest absolute Gasteiger partial charge is 0.481 e. The predicted octanol–water partition coefficient (Wildman–Crippen LogP) is 1.85. The first-order chi connectivity index (χ1) is 8.25. The van der Waals surface area contributed by atoms with Crippen LogP contribution < -0.4 is 0 Å². The van der Waals surface area contributed by atoms with E-state index >= 15 is 0 Å². The second kappa shape index (κ2) is 5.81. The van der Waals surface area contributed by atoms with Gasteiger partial charge in [0.05, 0.1) is 11.3 Å². The van der Waals surface area contributed by atoms with Gasteiger partial charge in [0.1, 0.15) is 0 Å². The van der Waals surface area contributed by atoms with Crippen molar-refractivity contribution in [3.8, 4) is 0 Å². The summed E-state index contributed by atoms with van der Waals surface area (Å²) >= 11 is 3.22. The summed E-state index contributed by atoms with van der Waals surface area (Å²) in [4.78, 5) is 10.6. The zero-order valence-electron chi connectivity index (χ0n) is 10.1. The summed E-state index contributed by atoms with van der Waals surface area (Å²) in [6, 6.07) is 4.97. The van der Waals surface area contributed by atoms with Crippen LogP contribution >= 0.6 is 15.9 Å². The molecule has 1 aromatic rings. The van der Waals surface area contributed by atoms with Crippen LogP contribution in [-0.2, 0) is 14.8 Å². The van der Waals surface area contributed by atoms with Crippen molar-refractivity contribution in [2.24, 2.45) is 0 Å².